The molecule has 0 radical (unpaired) electrons. The number of aryl methyl sites for hydroxylation is 1. The van der Waals surface area contributed by atoms with Crippen LogP contribution >= 0.6 is 11.6 Å². The van der Waals surface area contributed by atoms with E-state index in [1.165, 1.54) is 68.3 Å². The molecule has 0 fully saturated rings. The summed E-state index contributed by atoms with van der Waals surface area (Å²) in [6.07, 6.45) is 13.4. The molecule has 1 aliphatic rings. The molecule has 5 nitrogen and oxygen atoms in total. The van der Waals surface area contributed by atoms with Crippen molar-refractivity contribution in [2.75, 3.05) is 18.5 Å². The van der Waals surface area contributed by atoms with E-state index in [1.54, 1.807) is 0 Å². The van der Waals surface area contributed by atoms with E-state index in [1.807, 2.05) is 12.1 Å². The largest absolute Gasteiger partial charge is 0.450 e. The Labute approximate surface area is 184 Å². The topological polar surface area (TPSA) is 77.2 Å². The number of benzene rings is 1. The Bertz CT molecular complexity index is 841. The normalized spacial score (nSPS) is 13.2. The number of nitrogens with two attached hydrogens (primary N) is 1. The third-order valence-electron chi connectivity index (χ3n) is 5.84. The summed E-state index contributed by atoms with van der Waals surface area (Å²) in [6.45, 7) is 1.43. The van der Waals surface area contributed by atoms with Gasteiger partial charge in [0.2, 0.25) is 0 Å². The number of carbonyl (C=O) groups is 1. The Hall–Kier alpha value is -2.01. The lowest BCUT2D eigenvalue weighted by Crippen LogP contribution is -2.13. The number of ether oxygens (including phenoxy) is 1. The van der Waals surface area contributed by atoms with Crippen LogP contribution in [-0.2, 0) is 17.6 Å². The SMILES string of the molecule is NC(=O)OCCCCCCCCCCNc1c2c(nc3ccc(Cl)cc13)CCCC2. The van der Waals surface area contributed by atoms with E-state index in [4.69, 9.17) is 27.1 Å². The van der Waals surface area contributed by atoms with Crippen molar-refractivity contribution in [1.82, 2.24) is 4.98 Å². The van der Waals surface area contributed by atoms with Crippen LogP contribution in [0, 0.1) is 0 Å². The number of halogens is 1. The minimum absolute atomic E-state index is 0.444. The van der Waals surface area contributed by atoms with Crippen LogP contribution in [0.2, 0.25) is 5.02 Å². The molecule has 3 N–H and O–H groups in total. The van der Waals surface area contributed by atoms with Crippen molar-refractivity contribution in [1.29, 1.82) is 0 Å². The molecule has 6 heteroatoms. The quantitative estimate of drug-likeness (QED) is 0.381. The van der Waals surface area contributed by atoms with Gasteiger partial charge in [0.15, 0.2) is 0 Å². The minimum Gasteiger partial charge on any atom is -0.450 e. The molecule has 3 rings (SSSR count). The molecule has 0 atom stereocenters. The summed E-state index contributed by atoms with van der Waals surface area (Å²) in [5.41, 5.74) is 9.91. The second kappa shape index (κ2) is 12.0. The zero-order valence-electron chi connectivity index (χ0n) is 17.9. The molecule has 1 aromatic heterocycles. The fraction of sp³-hybridized carbons (Fsp3) is 0.583. The molecule has 2 aromatic rings. The third kappa shape index (κ3) is 6.76. The summed E-state index contributed by atoms with van der Waals surface area (Å²) in [7, 11) is 0. The molecule has 1 amide bonds. The number of amides is 1. The summed E-state index contributed by atoms with van der Waals surface area (Å²) >= 11 is 6.28. The fourth-order valence-electron chi connectivity index (χ4n) is 4.27. The van der Waals surface area contributed by atoms with Crippen LogP contribution < -0.4 is 11.1 Å². The van der Waals surface area contributed by atoms with Gasteiger partial charge in [0.25, 0.3) is 0 Å². The third-order valence-corrected chi connectivity index (χ3v) is 6.08. The number of unbranched alkanes of at least 4 members (excludes halogenated alkanes) is 7. The van der Waals surface area contributed by atoms with E-state index in [0.717, 1.165) is 48.2 Å². The Morgan fingerprint density at radius 3 is 2.50 bits per heavy atom. The first-order valence-electron chi connectivity index (χ1n) is 11.4. The van der Waals surface area contributed by atoms with E-state index >= 15 is 0 Å². The van der Waals surface area contributed by atoms with Crippen LogP contribution in [0.4, 0.5) is 10.5 Å². The van der Waals surface area contributed by atoms with E-state index < -0.39 is 6.09 Å². The van der Waals surface area contributed by atoms with Crippen molar-refractivity contribution < 1.29 is 9.53 Å². The van der Waals surface area contributed by atoms with Gasteiger partial charge < -0.3 is 15.8 Å². The van der Waals surface area contributed by atoms with Gasteiger partial charge in [-0.3, -0.25) is 4.98 Å². The molecule has 0 aliphatic heterocycles. The molecule has 0 unspecified atom stereocenters. The highest BCUT2D eigenvalue weighted by Gasteiger charge is 2.18. The molecular weight excluding hydrogens is 398 g/mol. The zero-order chi connectivity index (χ0) is 21.2. The fourth-order valence-corrected chi connectivity index (χ4v) is 4.44. The Morgan fingerprint density at radius 2 is 1.73 bits per heavy atom. The Kier molecular flexibility index (Phi) is 9.06. The first kappa shape index (κ1) is 22.7. The number of nitrogens with one attached hydrogen (secondary N) is 1. The van der Waals surface area contributed by atoms with E-state index in [9.17, 15) is 4.79 Å². The molecule has 0 spiro atoms. The number of anilines is 1. The number of hydrogen-bond acceptors (Lipinski definition) is 4. The molecule has 1 aromatic carbocycles. The lowest BCUT2D eigenvalue weighted by molar-refractivity contribution is 0.154. The monoisotopic (exact) mass is 431 g/mol. The molecule has 30 heavy (non-hydrogen) atoms. The zero-order valence-corrected chi connectivity index (χ0v) is 18.6. The highest BCUT2D eigenvalue weighted by molar-refractivity contribution is 6.31. The average Bonchev–Trinajstić information content (AvgIpc) is 2.74. The van der Waals surface area contributed by atoms with Crippen molar-refractivity contribution in [3.05, 3.63) is 34.5 Å². The maximum Gasteiger partial charge on any atom is 0.404 e. The van der Waals surface area contributed by atoms with Crippen molar-refractivity contribution in [3.8, 4) is 0 Å². The highest BCUT2D eigenvalue weighted by Crippen LogP contribution is 2.34. The maximum atomic E-state index is 10.5. The van der Waals surface area contributed by atoms with Crippen LogP contribution in [-0.4, -0.2) is 24.2 Å². The molecule has 164 valence electrons. The van der Waals surface area contributed by atoms with Crippen molar-refractivity contribution in [2.45, 2.75) is 77.0 Å². The van der Waals surface area contributed by atoms with E-state index in [2.05, 4.69) is 11.4 Å². The Balaban J connectivity index is 1.39. The number of rotatable bonds is 12. The molecule has 1 heterocycles. The second-order valence-corrected chi connectivity index (χ2v) is 8.64. The van der Waals surface area contributed by atoms with Gasteiger partial charge in [0.05, 0.1) is 12.1 Å². The summed E-state index contributed by atoms with van der Waals surface area (Å²) in [5.74, 6) is 0. The Morgan fingerprint density at radius 1 is 1.03 bits per heavy atom. The van der Waals surface area contributed by atoms with Gasteiger partial charge in [-0.1, -0.05) is 50.1 Å². The van der Waals surface area contributed by atoms with Crippen molar-refractivity contribution in [2.24, 2.45) is 5.73 Å². The summed E-state index contributed by atoms with van der Waals surface area (Å²) in [5, 5.41) is 5.65. The predicted octanol–water partition coefficient (Wildman–Crippen LogP) is 6.40. The van der Waals surface area contributed by atoms with Crippen LogP contribution in [0.15, 0.2) is 18.2 Å². The molecular formula is C24H34ClN3O2. The smallest absolute Gasteiger partial charge is 0.404 e. The van der Waals surface area contributed by atoms with Gasteiger partial charge in [-0.05, 0) is 62.3 Å². The number of carbonyl (C=O) groups excluding carboxylic acids is 1. The van der Waals surface area contributed by atoms with Crippen molar-refractivity contribution >= 4 is 34.3 Å². The van der Waals surface area contributed by atoms with Gasteiger partial charge in [0, 0.05) is 28.3 Å². The van der Waals surface area contributed by atoms with Gasteiger partial charge in [-0.25, -0.2) is 4.79 Å². The van der Waals surface area contributed by atoms with Gasteiger partial charge in [0.1, 0.15) is 0 Å². The van der Waals surface area contributed by atoms with E-state index in [0.29, 0.717) is 6.61 Å². The van der Waals surface area contributed by atoms with Gasteiger partial charge in [-0.15, -0.1) is 0 Å². The van der Waals surface area contributed by atoms with Gasteiger partial charge in [-0.2, -0.15) is 0 Å². The number of fused-ring (bicyclic) bond motifs is 2. The second-order valence-electron chi connectivity index (χ2n) is 8.20. The van der Waals surface area contributed by atoms with Crippen LogP contribution in [0.3, 0.4) is 0 Å². The summed E-state index contributed by atoms with van der Waals surface area (Å²) < 4.78 is 4.74. The van der Waals surface area contributed by atoms with Gasteiger partial charge >= 0.3 is 6.09 Å². The molecule has 1 aliphatic carbocycles. The number of nitrogens with zero attached hydrogens (tertiary/aromatic N) is 1. The van der Waals surface area contributed by atoms with Crippen LogP contribution in [0.25, 0.3) is 10.9 Å². The standard InChI is InChI=1S/C24H34ClN3O2/c25-18-13-14-22-20(17-18)23(19-11-7-8-12-21(19)28-22)27-15-9-5-3-1-2-4-6-10-16-30-24(26)29/h13-14,17H,1-12,15-16H2,(H2,26,29)(H,27,28). The molecule has 0 bridgehead atoms. The van der Waals surface area contributed by atoms with Crippen molar-refractivity contribution in [3.63, 3.8) is 0 Å². The summed E-state index contributed by atoms with van der Waals surface area (Å²) in [4.78, 5) is 15.4. The lowest BCUT2D eigenvalue weighted by atomic mass is 9.92. The van der Waals surface area contributed by atoms with Crippen LogP contribution in [0.1, 0.15) is 75.5 Å². The first-order valence-corrected chi connectivity index (χ1v) is 11.8. The lowest BCUT2D eigenvalue weighted by Gasteiger charge is -2.22. The number of hydrogen-bond donors (Lipinski definition) is 2. The average molecular weight is 432 g/mol. The molecule has 0 saturated carbocycles. The minimum atomic E-state index is -0.674. The molecule has 0 saturated heterocycles. The summed E-state index contributed by atoms with van der Waals surface area (Å²) in [6, 6.07) is 6.02. The predicted molar refractivity (Wildman–Crippen MR) is 124 cm³/mol. The number of aromatic nitrogens is 1. The number of primary amides is 1. The number of pyridine rings is 1. The maximum absolute atomic E-state index is 10.5. The van der Waals surface area contributed by atoms with Crippen LogP contribution in [0.5, 0.6) is 0 Å². The van der Waals surface area contributed by atoms with E-state index in [-0.39, 0.29) is 0 Å². The highest BCUT2D eigenvalue weighted by atomic mass is 35.5. The first-order chi connectivity index (χ1) is 14.6.